The van der Waals surface area contributed by atoms with E-state index in [-0.39, 0.29) is 23.4 Å². The highest BCUT2D eigenvalue weighted by Gasteiger charge is 2.26. The molecule has 1 aromatic heterocycles. The lowest BCUT2D eigenvalue weighted by Gasteiger charge is -2.12. The van der Waals surface area contributed by atoms with E-state index in [1.807, 2.05) is 13.8 Å². The van der Waals surface area contributed by atoms with Crippen LogP contribution < -0.4 is 0 Å². The lowest BCUT2D eigenvalue weighted by molar-refractivity contribution is -0.119. The highest BCUT2D eigenvalue weighted by Crippen LogP contribution is 2.26. The molecule has 21 heavy (non-hydrogen) atoms. The van der Waals surface area contributed by atoms with Gasteiger partial charge in [0.05, 0.1) is 11.7 Å². The van der Waals surface area contributed by atoms with Crippen molar-refractivity contribution in [2.45, 2.75) is 37.3 Å². The molecule has 0 saturated heterocycles. The predicted molar refractivity (Wildman–Crippen MR) is 78.5 cm³/mol. The Hall–Kier alpha value is -1.69. The average molecular weight is 308 g/mol. The van der Waals surface area contributed by atoms with E-state index in [2.05, 4.69) is 10.1 Å². The fourth-order valence-corrected chi connectivity index (χ4v) is 2.80. The van der Waals surface area contributed by atoms with E-state index in [1.165, 1.54) is 30.8 Å². The Morgan fingerprint density at radius 3 is 2.57 bits per heavy atom. The normalized spacial score (nSPS) is 12.6. The van der Waals surface area contributed by atoms with Gasteiger partial charge in [0, 0.05) is 4.90 Å². The van der Waals surface area contributed by atoms with Gasteiger partial charge in [-0.05, 0) is 37.1 Å². The smallest absolute Gasteiger partial charge is 0.237 e. The van der Waals surface area contributed by atoms with Crippen LogP contribution in [0.4, 0.5) is 4.39 Å². The number of halogens is 1. The van der Waals surface area contributed by atoms with Crippen molar-refractivity contribution in [3.63, 3.8) is 0 Å². The summed E-state index contributed by atoms with van der Waals surface area (Å²) in [4.78, 5) is 16.9. The molecule has 0 N–H and O–H groups in total. The monoisotopic (exact) mass is 308 g/mol. The van der Waals surface area contributed by atoms with Crippen molar-refractivity contribution in [1.29, 1.82) is 0 Å². The maximum absolute atomic E-state index is 12.8. The van der Waals surface area contributed by atoms with Gasteiger partial charge in [-0.2, -0.15) is 4.98 Å². The number of hydrogen-bond acceptors (Lipinski definition) is 5. The van der Waals surface area contributed by atoms with E-state index >= 15 is 0 Å². The summed E-state index contributed by atoms with van der Waals surface area (Å²) in [6.07, 6.45) is 0. The van der Waals surface area contributed by atoms with E-state index in [4.69, 9.17) is 4.52 Å². The fourth-order valence-electron chi connectivity index (χ4n) is 2.06. The second-order valence-electron chi connectivity index (χ2n) is 5.12. The van der Waals surface area contributed by atoms with E-state index in [9.17, 15) is 9.18 Å². The zero-order chi connectivity index (χ0) is 15.4. The Labute approximate surface area is 127 Å². The summed E-state index contributed by atoms with van der Waals surface area (Å²) < 4.78 is 18.0. The molecule has 1 unspecified atom stereocenters. The van der Waals surface area contributed by atoms with E-state index in [0.29, 0.717) is 17.5 Å². The van der Waals surface area contributed by atoms with Gasteiger partial charge in [0.25, 0.3) is 0 Å². The second-order valence-corrected chi connectivity index (χ2v) is 6.17. The van der Waals surface area contributed by atoms with Crippen LogP contribution in [0.5, 0.6) is 0 Å². The minimum atomic E-state index is -0.359. The summed E-state index contributed by atoms with van der Waals surface area (Å²) in [5, 5.41) is 3.90. The van der Waals surface area contributed by atoms with Crippen LogP contribution in [0, 0.1) is 11.7 Å². The molecule has 0 fully saturated rings. The van der Waals surface area contributed by atoms with Crippen LogP contribution in [-0.4, -0.2) is 15.9 Å². The maximum atomic E-state index is 12.8. The molecule has 1 heterocycles. The van der Waals surface area contributed by atoms with Crippen LogP contribution in [0.2, 0.25) is 0 Å². The molecule has 2 rings (SSSR count). The van der Waals surface area contributed by atoms with Crippen LogP contribution in [0.15, 0.2) is 33.7 Å². The first kappa shape index (κ1) is 15.7. The number of nitrogens with zero attached hydrogens (tertiary/aromatic N) is 2. The number of carbonyl (C=O) groups excluding carboxylic acids is 1. The highest BCUT2D eigenvalue weighted by molar-refractivity contribution is 7.98. The summed E-state index contributed by atoms with van der Waals surface area (Å²) in [5.74, 6) is 0.924. The van der Waals surface area contributed by atoms with Gasteiger partial charge in [0.2, 0.25) is 5.89 Å². The summed E-state index contributed by atoms with van der Waals surface area (Å²) in [6.45, 7) is 5.42. The lowest BCUT2D eigenvalue weighted by atomic mass is 9.92. The number of Topliss-reactive ketones (excluding diaryl/α,β-unsaturated/α-hetero) is 1. The van der Waals surface area contributed by atoms with Crippen molar-refractivity contribution in [3.8, 4) is 0 Å². The molecule has 4 nitrogen and oxygen atoms in total. The molecule has 0 aliphatic rings. The number of rotatable bonds is 6. The number of thioether (sulfide) groups is 1. The van der Waals surface area contributed by atoms with Gasteiger partial charge in [-0.1, -0.05) is 19.0 Å². The van der Waals surface area contributed by atoms with Gasteiger partial charge in [0.15, 0.2) is 5.82 Å². The summed E-state index contributed by atoms with van der Waals surface area (Å²) in [7, 11) is 0. The molecule has 2 aromatic rings. The van der Waals surface area contributed by atoms with E-state index in [0.717, 1.165) is 4.90 Å². The molecule has 0 spiro atoms. The molecular formula is C15H17FN2O2S. The predicted octanol–water partition coefficient (Wildman–Crippen LogP) is 3.83. The fraction of sp³-hybridized carbons (Fsp3) is 0.400. The van der Waals surface area contributed by atoms with Gasteiger partial charge >= 0.3 is 0 Å². The van der Waals surface area contributed by atoms with Gasteiger partial charge < -0.3 is 4.52 Å². The first-order valence-electron chi connectivity index (χ1n) is 6.68. The number of carbonyl (C=O) groups is 1. The van der Waals surface area contributed by atoms with Crippen LogP contribution >= 0.6 is 11.8 Å². The standard InChI is InChI=1S/C15H17FN2O2S/c1-9(2)14(10(3)19)15-17-13(18-20-15)8-21-12-6-4-11(16)5-7-12/h4-7,9,14H,8H2,1-3H3. The van der Waals surface area contributed by atoms with Gasteiger partial charge in [-0.15, -0.1) is 11.8 Å². The minimum Gasteiger partial charge on any atom is -0.339 e. The Kier molecular flexibility index (Phi) is 5.12. The average Bonchev–Trinajstić information content (AvgIpc) is 2.85. The largest absolute Gasteiger partial charge is 0.339 e. The van der Waals surface area contributed by atoms with E-state index in [1.54, 1.807) is 12.1 Å². The van der Waals surface area contributed by atoms with E-state index < -0.39 is 0 Å². The molecule has 0 amide bonds. The zero-order valence-corrected chi connectivity index (χ0v) is 13.0. The SMILES string of the molecule is CC(=O)C(c1nc(CSc2ccc(F)cc2)no1)C(C)C. The minimum absolute atomic E-state index is 0.0198. The lowest BCUT2D eigenvalue weighted by Crippen LogP contribution is -2.15. The number of benzene rings is 1. The van der Waals surface area contributed by atoms with Gasteiger partial charge in [0.1, 0.15) is 11.6 Å². The van der Waals surface area contributed by atoms with Gasteiger partial charge in [-0.25, -0.2) is 4.39 Å². The number of hydrogen-bond donors (Lipinski definition) is 0. The molecule has 1 aromatic carbocycles. The molecule has 6 heteroatoms. The molecule has 0 radical (unpaired) electrons. The molecule has 0 aliphatic carbocycles. The number of aromatic nitrogens is 2. The summed E-state index contributed by atoms with van der Waals surface area (Å²) in [5.41, 5.74) is 0. The second kappa shape index (κ2) is 6.85. The van der Waals surface area contributed by atoms with Crippen LogP contribution in [0.1, 0.15) is 38.4 Å². The Bertz CT molecular complexity index is 610. The van der Waals surface area contributed by atoms with Crippen molar-refractivity contribution < 1.29 is 13.7 Å². The zero-order valence-electron chi connectivity index (χ0n) is 12.2. The molecule has 1 atom stereocenters. The molecular weight excluding hydrogens is 291 g/mol. The van der Waals surface area contributed by atoms with Crippen molar-refractivity contribution in [1.82, 2.24) is 10.1 Å². The Morgan fingerprint density at radius 1 is 1.33 bits per heavy atom. The summed E-state index contributed by atoms with van der Waals surface area (Å²) >= 11 is 1.49. The first-order chi connectivity index (χ1) is 9.97. The first-order valence-corrected chi connectivity index (χ1v) is 7.67. The molecule has 0 saturated carbocycles. The van der Waals surface area contributed by atoms with Crippen molar-refractivity contribution in [2.24, 2.45) is 5.92 Å². The van der Waals surface area contributed by atoms with Gasteiger partial charge in [-0.3, -0.25) is 4.79 Å². The highest BCUT2D eigenvalue weighted by atomic mass is 32.2. The third-order valence-electron chi connectivity index (χ3n) is 3.04. The third-order valence-corrected chi connectivity index (χ3v) is 4.04. The van der Waals surface area contributed by atoms with Crippen molar-refractivity contribution >= 4 is 17.5 Å². The maximum Gasteiger partial charge on any atom is 0.237 e. The van der Waals surface area contributed by atoms with Crippen molar-refractivity contribution in [2.75, 3.05) is 0 Å². The van der Waals surface area contributed by atoms with Crippen LogP contribution in [-0.2, 0) is 10.5 Å². The molecule has 112 valence electrons. The molecule has 0 aliphatic heterocycles. The topological polar surface area (TPSA) is 56.0 Å². The summed E-state index contributed by atoms with van der Waals surface area (Å²) in [6, 6.07) is 6.23. The Morgan fingerprint density at radius 2 is 2.00 bits per heavy atom. The quantitative estimate of drug-likeness (QED) is 0.759. The van der Waals surface area contributed by atoms with Crippen LogP contribution in [0.25, 0.3) is 0 Å². The Balaban J connectivity index is 2.02. The van der Waals surface area contributed by atoms with Crippen molar-refractivity contribution in [3.05, 3.63) is 41.8 Å². The third kappa shape index (κ3) is 4.14. The number of ketones is 1. The van der Waals surface area contributed by atoms with Crippen LogP contribution in [0.3, 0.4) is 0 Å². The molecule has 0 bridgehead atoms.